The molecule has 1 aliphatic carbocycles. The monoisotopic (exact) mass is 538 g/mol. The predicted molar refractivity (Wildman–Crippen MR) is 150 cm³/mol. The molecule has 1 aromatic heterocycles. The lowest BCUT2D eigenvalue weighted by atomic mass is 9.78. The summed E-state index contributed by atoms with van der Waals surface area (Å²) >= 11 is 7.97. The molecular weight excluding hydrogens is 504 g/mol. The van der Waals surface area contributed by atoms with E-state index in [1.54, 1.807) is 6.07 Å². The number of esters is 1. The van der Waals surface area contributed by atoms with Crippen LogP contribution in [0, 0.1) is 11.8 Å². The number of aliphatic hydroxyl groups excluding tert-OH is 1. The molecule has 1 aliphatic rings. The summed E-state index contributed by atoms with van der Waals surface area (Å²) in [5, 5.41) is 9.75. The number of aliphatic hydroxyl groups is 1. The average molecular weight is 539 g/mol. The van der Waals surface area contributed by atoms with Gasteiger partial charge in [-0.1, -0.05) is 86.1 Å². The van der Waals surface area contributed by atoms with E-state index in [2.05, 4.69) is 74.5 Å². The quantitative estimate of drug-likeness (QED) is 0.249. The summed E-state index contributed by atoms with van der Waals surface area (Å²) in [5.41, 5.74) is 3.91. The largest absolute Gasteiger partial charge is 0.459 e. The maximum atomic E-state index is 11.9. The molecule has 0 bridgehead atoms. The summed E-state index contributed by atoms with van der Waals surface area (Å²) in [6.45, 7) is 5.45. The molecule has 1 N–H and O–H groups in total. The van der Waals surface area contributed by atoms with Gasteiger partial charge in [0.05, 0.1) is 19.8 Å². The molecule has 0 amide bonds. The van der Waals surface area contributed by atoms with Crippen molar-refractivity contribution in [2.75, 3.05) is 19.8 Å². The molecule has 4 rings (SSSR count). The number of ether oxygens (including phenoxy) is 2. The van der Waals surface area contributed by atoms with Crippen molar-refractivity contribution < 1.29 is 19.4 Å². The fourth-order valence-electron chi connectivity index (χ4n) is 4.88. The highest BCUT2D eigenvalue weighted by Crippen LogP contribution is 2.38. The molecule has 2 atom stereocenters. The minimum Gasteiger partial charge on any atom is -0.459 e. The Morgan fingerprint density at radius 1 is 1.05 bits per heavy atom. The molecule has 0 fully saturated rings. The third-order valence-electron chi connectivity index (χ3n) is 7.22. The zero-order valence-corrected chi connectivity index (χ0v) is 23.1. The maximum Gasteiger partial charge on any atom is 0.348 e. The Morgan fingerprint density at radius 3 is 2.51 bits per heavy atom. The smallest absolute Gasteiger partial charge is 0.348 e. The van der Waals surface area contributed by atoms with Gasteiger partial charge in [0.25, 0.3) is 0 Å². The Labute approximate surface area is 228 Å². The van der Waals surface area contributed by atoms with Gasteiger partial charge in [-0.25, -0.2) is 4.79 Å². The first-order valence-corrected chi connectivity index (χ1v) is 14.0. The van der Waals surface area contributed by atoms with Crippen LogP contribution < -0.4 is 0 Å². The summed E-state index contributed by atoms with van der Waals surface area (Å²) in [5.74, 6) is 0.251. The van der Waals surface area contributed by atoms with Gasteiger partial charge in [-0.2, -0.15) is 0 Å². The van der Waals surface area contributed by atoms with Crippen LogP contribution in [0.1, 0.15) is 57.9 Å². The van der Waals surface area contributed by atoms with E-state index in [-0.39, 0.29) is 18.6 Å². The number of allylic oxidation sites excluding steroid dienone is 2. The highest BCUT2D eigenvalue weighted by molar-refractivity contribution is 7.13. The van der Waals surface area contributed by atoms with Gasteiger partial charge in [0.2, 0.25) is 0 Å². The van der Waals surface area contributed by atoms with Crippen LogP contribution in [0.15, 0.2) is 77.8 Å². The van der Waals surface area contributed by atoms with E-state index in [1.165, 1.54) is 28.0 Å². The van der Waals surface area contributed by atoms with Gasteiger partial charge in [0, 0.05) is 15.3 Å². The van der Waals surface area contributed by atoms with Crippen molar-refractivity contribution in [3.05, 3.63) is 104 Å². The summed E-state index contributed by atoms with van der Waals surface area (Å²) in [7, 11) is 0. The second kappa shape index (κ2) is 12.9. The highest BCUT2D eigenvalue weighted by atomic mass is 35.5. The second-order valence-corrected chi connectivity index (χ2v) is 11.7. The number of aryl methyl sites for hydroxylation is 1. The Hall–Kier alpha value is -2.44. The van der Waals surface area contributed by atoms with E-state index >= 15 is 0 Å². The molecular formula is C31H35ClO4S. The maximum absolute atomic E-state index is 11.9. The standard InChI is InChI=1S/C31H35ClO4S/c1-31(2,24-6-4-3-5-7-24)25-12-8-22(9-13-25)10-15-27-23(11-16-28(27)32)20-35-21-26-14-17-29(37-26)30(34)36-19-18-33/h3-9,12-14,16-17,23,27,33H,10-11,15,18-21H2,1-2H3/t23-,27-/m1/s1. The molecule has 37 heavy (non-hydrogen) atoms. The molecule has 6 heteroatoms. The van der Waals surface area contributed by atoms with Gasteiger partial charge in [-0.05, 0) is 59.9 Å². The van der Waals surface area contributed by atoms with Crippen LogP contribution in [0.25, 0.3) is 0 Å². The number of hydrogen-bond acceptors (Lipinski definition) is 5. The first-order chi connectivity index (χ1) is 17.9. The topological polar surface area (TPSA) is 55.8 Å². The van der Waals surface area contributed by atoms with Crippen LogP contribution in [0.2, 0.25) is 0 Å². The number of benzene rings is 2. The number of halogens is 1. The molecule has 0 spiro atoms. The Balaban J connectivity index is 1.27. The van der Waals surface area contributed by atoms with Crippen LogP contribution in [0.3, 0.4) is 0 Å². The van der Waals surface area contributed by atoms with Crippen LogP contribution in [0.4, 0.5) is 0 Å². The van der Waals surface area contributed by atoms with Crippen molar-refractivity contribution in [2.45, 2.75) is 45.1 Å². The zero-order valence-electron chi connectivity index (χ0n) is 21.5. The summed E-state index contributed by atoms with van der Waals surface area (Å²) in [6, 6.07) is 23.3. The summed E-state index contributed by atoms with van der Waals surface area (Å²) < 4.78 is 11.0. The number of rotatable bonds is 12. The van der Waals surface area contributed by atoms with Gasteiger partial charge in [0.15, 0.2) is 0 Å². The molecule has 3 aromatic rings. The van der Waals surface area contributed by atoms with Gasteiger partial charge >= 0.3 is 5.97 Å². The molecule has 0 saturated heterocycles. The molecule has 2 aromatic carbocycles. The molecule has 0 aliphatic heterocycles. The molecule has 0 radical (unpaired) electrons. The first kappa shape index (κ1) is 27.6. The third kappa shape index (κ3) is 7.11. The molecule has 196 valence electrons. The lowest BCUT2D eigenvalue weighted by molar-refractivity contribution is 0.0439. The van der Waals surface area contributed by atoms with Crippen LogP contribution in [0.5, 0.6) is 0 Å². The van der Waals surface area contributed by atoms with Crippen molar-refractivity contribution in [2.24, 2.45) is 11.8 Å². The lowest BCUT2D eigenvalue weighted by Gasteiger charge is -2.26. The van der Waals surface area contributed by atoms with E-state index in [1.807, 2.05) is 6.07 Å². The van der Waals surface area contributed by atoms with Gasteiger partial charge in [-0.15, -0.1) is 11.3 Å². The van der Waals surface area contributed by atoms with E-state index < -0.39 is 5.97 Å². The molecule has 1 heterocycles. The normalized spacial score (nSPS) is 17.6. The van der Waals surface area contributed by atoms with Crippen molar-refractivity contribution in [1.29, 1.82) is 0 Å². The molecule has 0 unspecified atom stereocenters. The number of thiophene rings is 1. The fourth-order valence-corrected chi connectivity index (χ4v) is 6.10. The zero-order chi connectivity index (χ0) is 26.3. The Bertz CT molecular complexity index is 1180. The number of carbonyl (C=O) groups is 1. The van der Waals surface area contributed by atoms with Crippen molar-refractivity contribution in [3.63, 3.8) is 0 Å². The minimum absolute atomic E-state index is 0.00914. The van der Waals surface area contributed by atoms with Crippen molar-refractivity contribution in [1.82, 2.24) is 0 Å². The van der Waals surface area contributed by atoms with E-state index in [0.717, 1.165) is 29.2 Å². The number of carbonyl (C=O) groups excluding carboxylic acids is 1. The lowest BCUT2D eigenvalue weighted by Crippen LogP contribution is -2.19. The van der Waals surface area contributed by atoms with E-state index in [9.17, 15) is 4.79 Å². The average Bonchev–Trinajstić information content (AvgIpc) is 3.53. The van der Waals surface area contributed by atoms with Crippen LogP contribution in [-0.2, 0) is 27.9 Å². The minimum atomic E-state index is -0.409. The summed E-state index contributed by atoms with van der Waals surface area (Å²) in [4.78, 5) is 13.4. The predicted octanol–water partition coefficient (Wildman–Crippen LogP) is 7.13. The third-order valence-corrected chi connectivity index (χ3v) is 8.69. The highest BCUT2D eigenvalue weighted by Gasteiger charge is 2.29. The Morgan fingerprint density at radius 2 is 1.78 bits per heavy atom. The SMILES string of the molecule is CC(C)(c1ccccc1)c1ccc(CC[C@H]2C(Cl)=CC[C@@H]2COCc2ccc(C(=O)OCCO)s2)cc1. The molecule has 4 nitrogen and oxygen atoms in total. The van der Waals surface area contributed by atoms with Crippen molar-refractivity contribution in [3.8, 4) is 0 Å². The van der Waals surface area contributed by atoms with Crippen LogP contribution in [-0.4, -0.2) is 30.9 Å². The van der Waals surface area contributed by atoms with Crippen LogP contribution >= 0.6 is 22.9 Å². The van der Waals surface area contributed by atoms with Gasteiger partial charge in [-0.3, -0.25) is 0 Å². The van der Waals surface area contributed by atoms with E-state index in [0.29, 0.717) is 29.9 Å². The van der Waals surface area contributed by atoms with Gasteiger partial charge in [0.1, 0.15) is 11.5 Å². The summed E-state index contributed by atoms with van der Waals surface area (Å²) in [6.07, 6.45) is 5.02. The Kier molecular flexibility index (Phi) is 9.60. The van der Waals surface area contributed by atoms with Gasteiger partial charge < -0.3 is 14.6 Å². The van der Waals surface area contributed by atoms with Crippen molar-refractivity contribution >= 4 is 28.9 Å². The fraction of sp³-hybridized carbons (Fsp3) is 0.387. The first-order valence-electron chi connectivity index (χ1n) is 12.8. The molecule has 0 saturated carbocycles. The second-order valence-electron chi connectivity index (χ2n) is 10.1. The van der Waals surface area contributed by atoms with E-state index in [4.69, 9.17) is 26.2 Å². The number of hydrogen-bond donors (Lipinski definition) is 1.